The number of rotatable bonds is 3. The highest BCUT2D eigenvalue weighted by molar-refractivity contribution is 5.48. The lowest BCUT2D eigenvalue weighted by molar-refractivity contribution is 0.348. The fraction of sp³-hybridized carbons (Fsp3) is 0.571. The van der Waals surface area contributed by atoms with Crippen LogP contribution in [0, 0.1) is 5.92 Å². The Balaban J connectivity index is 2.07. The molecule has 2 N–H and O–H groups in total. The number of anilines is 1. The van der Waals surface area contributed by atoms with Gasteiger partial charge in [0.25, 0.3) is 0 Å². The number of nitrogen functional groups attached to an aromatic ring is 1. The molecule has 0 atom stereocenters. The van der Waals surface area contributed by atoms with Crippen LogP contribution in [0.25, 0.3) is 0 Å². The molecule has 2 heteroatoms. The van der Waals surface area contributed by atoms with E-state index >= 15 is 0 Å². The summed E-state index contributed by atoms with van der Waals surface area (Å²) in [5.41, 5.74) is 7.85. The van der Waals surface area contributed by atoms with Gasteiger partial charge < -0.3 is 10.5 Å². The Morgan fingerprint density at radius 3 is 2.69 bits per heavy atom. The molecule has 2 nitrogen and oxygen atoms in total. The van der Waals surface area contributed by atoms with Crippen LogP contribution in [0.3, 0.4) is 0 Å². The molecule has 0 heterocycles. The molecule has 1 aromatic carbocycles. The molecule has 88 valence electrons. The SMILES string of the molecule is COc1cc(N)ccc1CC1CCCCC1. The van der Waals surface area contributed by atoms with Crippen molar-refractivity contribution in [3.63, 3.8) is 0 Å². The molecule has 1 saturated carbocycles. The highest BCUT2D eigenvalue weighted by Gasteiger charge is 2.15. The van der Waals surface area contributed by atoms with E-state index in [-0.39, 0.29) is 0 Å². The van der Waals surface area contributed by atoms with Crippen molar-refractivity contribution in [2.24, 2.45) is 5.92 Å². The Kier molecular flexibility index (Phi) is 3.70. The molecule has 0 amide bonds. The molecular formula is C14H21NO. The first-order valence-electron chi connectivity index (χ1n) is 6.22. The summed E-state index contributed by atoms with van der Waals surface area (Å²) in [6, 6.07) is 6.02. The number of hydrogen-bond acceptors (Lipinski definition) is 2. The highest BCUT2D eigenvalue weighted by Crippen LogP contribution is 2.30. The smallest absolute Gasteiger partial charge is 0.124 e. The average Bonchev–Trinajstić information content (AvgIpc) is 2.33. The first kappa shape index (κ1) is 11.3. The van der Waals surface area contributed by atoms with Crippen LogP contribution in [0.15, 0.2) is 18.2 Å². The first-order chi connectivity index (χ1) is 7.79. The molecule has 0 aromatic heterocycles. The summed E-state index contributed by atoms with van der Waals surface area (Å²) in [6.45, 7) is 0. The average molecular weight is 219 g/mol. The lowest BCUT2D eigenvalue weighted by Gasteiger charge is -2.22. The van der Waals surface area contributed by atoms with Gasteiger partial charge in [-0.3, -0.25) is 0 Å². The molecule has 0 unspecified atom stereocenters. The largest absolute Gasteiger partial charge is 0.496 e. The van der Waals surface area contributed by atoms with E-state index in [4.69, 9.17) is 10.5 Å². The van der Waals surface area contributed by atoms with Crippen LogP contribution in [0.4, 0.5) is 5.69 Å². The molecule has 0 radical (unpaired) electrons. The molecule has 0 saturated heterocycles. The topological polar surface area (TPSA) is 35.2 Å². The van der Waals surface area contributed by atoms with Gasteiger partial charge >= 0.3 is 0 Å². The monoisotopic (exact) mass is 219 g/mol. The minimum absolute atomic E-state index is 0.782. The third kappa shape index (κ3) is 2.69. The molecular weight excluding hydrogens is 198 g/mol. The molecule has 0 spiro atoms. The third-order valence-electron chi connectivity index (χ3n) is 3.54. The van der Waals surface area contributed by atoms with E-state index in [2.05, 4.69) is 6.07 Å². The molecule has 1 aliphatic rings. The van der Waals surface area contributed by atoms with Crippen LogP contribution in [-0.2, 0) is 6.42 Å². The number of hydrogen-bond donors (Lipinski definition) is 1. The standard InChI is InChI=1S/C14H21NO/c1-16-14-10-13(15)8-7-12(14)9-11-5-3-2-4-6-11/h7-8,10-11H,2-6,9,15H2,1H3. The maximum Gasteiger partial charge on any atom is 0.124 e. The van der Waals surface area contributed by atoms with E-state index in [0.29, 0.717) is 0 Å². The van der Waals surface area contributed by atoms with Gasteiger partial charge in [-0.15, -0.1) is 0 Å². The summed E-state index contributed by atoms with van der Waals surface area (Å²) in [7, 11) is 1.72. The van der Waals surface area contributed by atoms with Crippen molar-refractivity contribution < 1.29 is 4.74 Å². The Bertz CT molecular complexity index is 343. The Morgan fingerprint density at radius 2 is 2.00 bits per heavy atom. The molecule has 0 aliphatic heterocycles. The molecule has 1 aromatic rings. The second kappa shape index (κ2) is 5.24. The number of ether oxygens (including phenoxy) is 1. The van der Waals surface area contributed by atoms with Crippen LogP contribution in [0.5, 0.6) is 5.75 Å². The predicted molar refractivity (Wildman–Crippen MR) is 67.7 cm³/mol. The van der Waals surface area contributed by atoms with Gasteiger partial charge in [-0.05, 0) is 24.0 Å². The van der Waals surface area contributed by atoms with E-state index in [1.165, 1.54) is 37.7 Å². The van der Waals surface area contributed by atoms with Crippen molar-refractivity contribution in [3.8, 4) is 5.75 Å². The summed E-state index contributed by atoms with van der Waals surface area (Å²) in [6.07, 6.45) is 8.07. The maximum absolute atomic E-state index is 5.76. The minimum atomic E-state index is 0.782. The second-order valence-corrected chi connectivity index (χ2v) is 4.78. The van der Waals surface area contributed by atoms with E-state index in [9.17, 15) is 0 Å². The predicted octanol–water partition coefficient (Wildman–Crippen LogP) is 3.40. The van der Waals surface area contributed by atoms with Gasteiger partial charge in [0.1, 0.15) is 5.75 Å². The summed E-state index contributed by atoms with van der Waals surface area (Å²) in [5, 5.41) is 0. The third-order valence-corrected chi connectivity index (χ3v) is 3.54. The second-order valence-electron chi connectivity index (χ2n) is 4.78. The Morgan fingerprint density at radius 1 is 1.25 bits per heavy atom. The van der Waals surface area contributed by atoms with Crippen LogP contribution >= 0.6 is 0 Å². The van der Waals surface area contributed by atoms with Crippen molar-refractivity contribution >= 4 is 5.69 Å². The molecule has 0 bridgehead atoms. The van der Waals surface area contributed by atoms with Gasteiger partial charge in [0.15, 0.2) is 0 Å². The van der Waals surface area contributed by atoms with Gasteiger partial charge in [-0.1, -0.05) is 38.2 Å². The van der Waals surface area contributed by atoms with Crippen molar-refractivity contribution in [1.82, 2.24) is 0 Å². The van der Waals surface area contributed by atoms with Crippen LogP contribution in [-0.4, -0.2) is 7.11 Å². The van der Waals surface area contributed by atoms with Crippen LogP contribution < -0.4 is 10.5 Å². The van der Waals surface area contributed by atoms with Gasteiger partial charge in [0.05, 0.1) is 7.11 Å². The zero-order chi connectivity index (χ0) is 11.4. The fourth-order valence-electron chi connectivity index (χ4n) is 2.63. The molecule has 1 aliphatic carbocycles. The van der Waals surface area contributed by atoms with Crippen LogP contribution in [0.1, 0.15) is 37.7 Å². The summed E-state index contributed by atoms with van der Waals surface area (Å²) in [5.74, 6) is 1.79. The number of benzene rings is 1. The van der Waals surface area contributed by atoms with Crippen LogP contribution in [0.2, 0.25) is 0 Å². The fourth-order valence-corrected chi connectivity index (χ4v) is 2.63. The van der Waals surface area contributed by atoms with Gasteiger partial charge in [-0.2, -0.15) is 0 Å². The lowest BCUT2D eigenvalue weighted by atomic mass is 9.84. The van der Waals surface area contributed by atoms with Gasteiger partial charge in [0.2, 0.25) is 0 Å². The maximum atomic E-state index is 5.76. The number of methoxy groups -OCH3 is 1. The summed E-state index contributed by atoms with van der Waals surface area (Å²) >= 11 is 0. The van der Waals surface area contributed by atoms with Gasteiger partial charge in [0, 0.05) is 11.8 Å². The first-order valence-corrected chi connectivity index (χ1v) is 6.22. The van der Waals surface area contributed by atoms with Crippen molar-refractivity contribution in [2.75, 3.05) is 12.8 Å². The summed E-state index contributed by atoms with van der Waals surface area (Å²) in [4.78, 5) is 0. The van der Waals surface area contributed by atoms with E-state index in [1.54, 1.807) is 7.11 Å². The Hall–Kier alpha value is -1.18. The quantitative estimate of drug-likeness (QED) is 0.791. The number of nitrogens with two attached hydrogens (primary N) is 1. The minimum Gasteiger partial charge on any atom is -0.496 e. The van der Waals surface area contributed by atoms with E-state index < -0.39 is 0 Å². The van der Waals surface area contributed by atoms with Crippen molar-refractivity contribution in [1.29, 1.82) is 0 Å². The molecule has 1 fully saturated rings. The van der Waals surface area contributed by atoms with E-state index in [0.717, 1.165) is 23.8 Å². The normalized spacial score (nSPS) is 17.3. The molecule has 2 rings (SSSR count). The van der Waals surface area contributed by atoms with Gasteiger partial charge in [-0.25, -0.2) is 0 Å². The highest BCUT2D eigenvalue weighted by atomic mass is 16.5. The summed E-state index contributed by atoms with van der Waals surface area (Å²) < 4.78 is 5.39. The van der Waals surface area contributed by atoms with Crippen molar-refractivity contribution in [3.05, 3.63) is 23.8 Å². The van der Waals surface area contributed by atoms with Crippen molar-refractivity contribution in [2.45, 2.75) is 38.5 Å². The lowest BCUT2D eigenvalue weighted by Crippen LogP contribution is -2.10. The zero-order valence-electron chi connectivity index (χ0n) is 10.0. The zero-order valence-corrected chi connectivity index (χ0v) is 10.0. The Labute approximate surface area is 97.8 Å². The van der Waals surface area contributed by atoms with E-state index in [1.807, 2.05) is 12.1 Å². The molecule has 16 heavy (non-hydrogen) atoms.